The second-order valence-electron chi connectivity index (χ2n) is 4.86. The Morgan fingerprint density at radius 1 is 1.32 bits per heavy atom. The predicted octanol–water partition coefficient (Wildman–Crippen LogP) is 2.08. The molecule has 0 aliphatic carbocycles. The van der Waals surface area contributed by atoms with Gasteiger partial charge < -0.3 is 15.2 Å². The van der Waals surface area contributed by atoms with Gasteiger partial charge in [0, 0.05) is 13.5 Å². The van der Waals surface area contributed by atoms with E-state index in [0.717, 1.165) is 12.1 Å². The summed E-state index contributed by atoms with van der Waals surface area (Å²) in [5.74, 6) is 1.48. The van der Waals surface area contributed by atoms with Gasteiger partial charge in [-0.25, -0.2) is 9.38 Å². The predicted molar refractivity (Wildman–Crippen MR) is 81.8 cm³/mol. The number of nitrogens with zero attached hydrogens (tertiary/aromatic N) is 3. The van der Waals surface area contributed by atoms with Gasteiger partial charge in [-0.2, -0.15) is 4.98 Å². The van der Waals surface area contributed by atoms with Gasteiger partial charge >= 0.3 is 0 Å². The lowest BCUT2D eigenvalue weighted by atomic mass is 10.1. The summed E-state index contributed by atoms with van der Waals surface area (Å²) in [6.07, 6.45) is 0. The summed E-state index contributed by atoms with van der Waals surface area (Å²) in [5.41, 5.74) is 1.45. The van der Waals surface area contributed by atoms with E-state index < -0.39 is 0 Å². The van der Waals surface area contributed by atoms with Gasteiger partial charge in [0.15, 0.2) is 11.8 Å². The number of rotatable bonds is 5. The number of hydrogen-bond donors (Lipinski definition) is 2. The van der Waals surface area contributed by atoms with Crippen LogP contribution in [-0.4, -0.2) is 22.6 Å². The Morgan fingerprint density at radius 3 is 2.77 bits per heavy atom. The number of benzene rings is 1. The van der Waals surface area contributed by atoms with Gasteiger partial charge in [0.2, 0.25) is 5.89 Å². The van der Waals surface area contributed by atoms with Gasteiger partial charge in [0.1, 0.15) is 5.82 Å². The van der Waals surface area contributed by atoms with Crippen molar-refractivity contribution in [1.82, 2.24) is 20.8 Å². The Morgan fingerprint density at radius 2 is 2.14 bits per heavy atom. The highest BCUT2D eigenvalue weighted by Crippen LogP contribution is 2.09. The highest BCUT2D eigenvalue weighted by molar-refractivity contribution is 5.79. The Hall–Kier alpha value is -2.44. The quantitative estimate of drug-likeness (QED) is 0.653. The topological polar surface area (TPSA) is 75.3 Å². The molecule has 0 radical (unpaired) electrons. The zero-order valence-electron chi connectivity index (χ0n) is 13.0. The number of aryl methyl sites for hydroxylation is 2. The van der Waals surface area contributed by atoms with E-state index >= 15 is 0 Å². The molecule has 0 atom stereocenters. The first-order valence-electron chi connectivity index (χ1n) is 7.15. The van der Waals surface area contributed by atoms with E-state index in [1.54, 1.807) is 19.9 Å². The van der Waals surface area contributed by atoms with Crippen LogP contribution in [0.3, 0.4) is 0 Å². The van der Waals surface area contributed by atoms with Crippen molar-refractivity contribution in [3.05, 3.63) is 46.9 Å². The third kappa shape index (κ3) is 4.54. The van der Waals surface area contributed by atoms with Gasteiger partial charge in [0.25, 0.3) is 0 Å². The zero-order valence-corrected chi connectivity index (χ0v) is 13.0. The first-order valence-corrected chi connectivity index (χ1v) is 7.15. The van der Waals surface area contributed by atoms with Crippen LogP contribution in [0.5, 0.6) is 0 Å². The molecule has 2 rings (SSSR count). The van der Waals surface area contributed by atoms with Gasteiger partial charge in [-0.15, -0.1) is 0 Å². The van der Waals surface area contributed by atoms with E-state index in [-0.39, 0.29) is 5.82 Å². The number of nitrogens with one attached hydrogen (secondary N) is 2. The molecule has 0 aliphatic rings. The minimum absolute atomic E-state index is 0.215. The summed E-state index contributed by atoms with van der Waals surface area (Å²) in [5, 5.41) is 10.0. The van der Waals surface area contributed by atoms with Gasteiger partial charge in [-0.3, -0.25) is 0 Å². The van der Waals surface area contributed by atoms with Crippen LogP contribution in [0, 0.1) is 19.7 Å². The van der Waals surface area contributed by atoms with Crippen molar-refractivity contribution in [1.29, 1.82) is 0 Å². The maximum absolute atomic E-state index is 13.5. The molecule has 1 aromatic carbocycles. The lowest BCUT2D eigenvalue weighted by Crippen LogP contribution is -2.37. The fourth-order valence-corrected chi connectivity index (χ4v) is 1.82. The van der Waals surface area contributed by atoms with E-state index in [1.807, 2.05) is 13.0 Å². The Kier molecular flexibility index (Phi) is 5.46. The van der Waals surface area contributed by atoms with Gasteiger partial charge in [-0.1, -0.05) is 17.3 Å². The molecule has 7 heteroatoms. The van der Waals surface area contributed by atoms with Crippen molar-refractivity contribution in [3.63, 3.8) is 0 Å². The molecular weight excluding hydrogens is 285 g/mol. The standard InChI is InChI=1S/C15H20FN5O/c1-4-17-15(19-9-14-20-11(3)22-21-14)18-8-12-6-5-10(2)13(16)7-12/h5-7H,4,8-9H2,1-3H3,(H2,17,18,19). The SMILES string of the molecule is CCNC(=NCc1ccc(C)c(F)c1)NCc1noc(C)n1. The number of guanidine groups is 1. The summed E-state index contributed by atoms with van der Waals surface area (Å²) in [7, 11) is 0. The Labute approximate surface area is 128 Å². The molecule has 1 aromatic heterocycles. The van der Waals surface area contributed by atoms with Crippen molar-refractivity contribution >= 4 is 5.96 Å². The van der Waals surface area contributed by atoms with Crippen LogP contribution in [-0.2, 0) is 13.1 Å². The molecule has 0 amide bonds. The van der Waals surface area contributed by atoms with Crippen molar-refractivity contribution in [2.45, 2.75) is 33.9 Å². The second-order valence-corrected chi connectivity index (χ2v) is 4.86. The lowest BCUT2D eigenvalue weighted by Gasteiger charge is -2.09. The fourth-order valence-electron chi connectivity index (χ4n) is 1.82. The number of aliphatic imine (C=N–C) groups is 1. The molecule has 2 aromatic rings. The molecule has 0 saturated heterocycles. The van der Waals surface area contributed by atoms with Crippen molar-refractivity contribution < 1.29 is 8.91 Å². The van der Waals surface area contributed by atoms with Crippen LogP contribution in [0.1, 0.15) is 29.8 Å². The third-order valence-corrected chi connectivity index (χ3v) is 2.98. The van der Waals surface area contributed by atoms with Crippen LogP contribution < -0.4 is 10.6 Å². The minimum Gasteiger partial charge on any atom is -0.357 e. The zero-order chi connectivity index (χ0) is 15.9. The Bertz CT molecular complexity index is 653. The summed E-state index contributed by atoms with van der Waals surface area (Å²) in [4.78, 5) is 8.53. The van der Waals surface area contributed by atoms with Crippen LogP contribution in [0.25, 0.3) is 0 Å². The molecule has 0 spiro atoms. The minimum atomic E-state index is -0.215. The van der Waals surface area contributed by atoms with Gasteiger partial charge in [0.05, 0.1) is 13.1 Å². The van der Waals surface area contributed by atoms with Gasteiger partial charge in [-0.05, 0) is 31.0 Å². The summed E-state index contributed by atoms with van der Waals surface area (Å²) < 4.78 is 18.4. The van der Waals surface area contributed by atoms with Crippen molar-refractivity contribution in [2.75, 3.05) is 6.54 Å². The first kappa shape index (κ1) is 15.9. The highest BCUT2D eigenvalue weighted by atomic mass is 19.1. The average molecular weight is 305 g/mol. The lowest BCUT2D eigenvalue weighted by molar-refractivity contribution is 0.387. The van der Waals surface area contributed by atoms with E-state index in [1.165, 1.54) is 6.07 Å². The van der Waals surface area contributed by atoms with Crippen LogP contribution in [0.2, 0.25) is 0 Å². The third-order valence-electron chi connectivity index (χ3n) is 2.98. The van der Waals surface area contributed by atoms with E-state index in [9.17, 15) is 4.39 Å². The maximum Gasteiger partial charge on any atom is 0.223 e. The van der Waals surface area contributed by atoms with Crippen LogP contribution in [0.15, 0.2) is 27.7 Å². The largest absolute Gasteiger partial charge is 0.357 e. The summed E-state index contributed by atoms with van der Waals surface area (Å²) >= 11 is 0. The molecule has 6 nitrogen and oxygen atoms in total. The maximum atomic E-state index is 13.5. The molecule has 0 saturated carbocycles. The van der Waals surface area contributed by atoms with Crippen LogP contribution in [0.4, 0.5) is 4.39 Å². The smallest absolute Gasteiger partial charge is 0.223 e. The molecule has 0 aliphatic heterocycles. The molecule has 0 unspecified atom stereocenters. The first-order chi connectivity index (χ1) is 10.6. The fraction of sp³-hybridized carbons (Fsp3) is 0.400. The monoisotopic (exact) mass is 305 g/mol. The molecule has 0 fully saturated rings. The molecular formula is C15H20FN5O. The number of hydrogen-bond acceptors (Lipinski definition) is 4. The molecule has 22 heavy (non-hydrogen) atoms. The normalized spacial score (nSPS) is 11.5. The van der Waals surface area contributed by atoms with Crippen molar-refractivity contribution in [2.24, 2.45) is 4.99 Å². The number of halogens is 1. The molecule has 1 heterocycles. The average Bonchev–Trinajstić information content (AvgIpc) is 2.91. The van der Waals surface area contributed by atoms with E-state index in [2.05, 4.69) is 25.8 Å². The highest BCUT2D eigenvalue weighted by Gasteiger charge is 2.04. The summed E-state index contributed by atoms with van der Waals surface area (Å²) in [6.45, 7) is 6.96. The number of aromatic nitrogens is 2. The van der Waals surface area contributed by atoms with E-state index in [0.29, 0.717) is 36.3 Å². The second kappa shape index (κ2) is 7.53. The van der Waals surface area contributed by atoms with Crippen LogP contribution >= 0.6 is 0 Å². The summed E-state index contributed by atoms with van der Waals surface area (Å²) in [6, 6.07) is 5.13. The molecule has 0 bridgehead atoms. The molecule has 118 valence electrons. The molecule has 2 N–H and O–H groups in total. The Balaban J connectivity index is 1.98. The van der Waals surface area contributed by atoms with E-state index in [4.69, 9.17) is 4.52 Å². The van der Waals surface area contributed by atoms with Crippen molar-refractivity contribution in [3.8, 4) is 0 Å².